The normalized spacial score (nSPS) is 23.8. The summed E-state index contributed by atoms with van der Waals surface area (Å²) >= 11 is 0. The fraction of sp³-hybridized carbons (Fsp3) is 0.609. The van der Waals surface area contributed by atoms with Gasteiger partial charge in [-0.3, -0.25) is 14.8 Å². The number of carbonyl (C=O) groups is 2. The van der Waals surface area contributed by atoms with Crippen LogP contribution in [-0.2, 0) is 9.59 Å². The van der Waals surface area contributed by atoms with Crippen LogP contribution < -0.4 is 9.47 Å². The molecule has 0 unspecified atom stereocenters. The Bertz CT molecular complexity index is 981. The molecule has 33 heavy (non-hydrogen) atoms. The number of nitrogens with one attached hydrogen (secondary N) is 1. The molecule has 2 aliphatic heterocycles. The average Bonchev–Trinajstić information content (AvgIpc) is 3.55. The Balaban J connectivity index is 1.41. The van der Waals surface area contributed by atoms with Gasteiger partial charge in [0, 0.05) is 18.6 Å². The molecule has 1 aromatic carbocycles. The van der Waals surface area contributed by atoms with Crippen molar-refractivity contribution in [2.45, 2.75) is 50.7 Å². The maximum absolute atomic E-state index is 14.6. The van der Waals surface area contributed by atoms with E-state index in [0.29, 0.717) is 59.9 Å². The Morgan fingerprint density at radius 2 is 2.03 bits per heavy atom. The highest BCUT2D eigenvalue weighted by atomic mass is 19.1. The summed E-state index contributed by atoms with van der Waals surface area (Å²) in [6, 6.07) is 3.05. The van der Waals surface area contributed by atoms with Crippen molar-refractivity contribution in [3.63, 3.8) is 0 Å². The third-order valence-corrected chi connectivity index (χ3v) is 6.98. The molecule has 0 spiro atoms. The van der Waals surface area contributed by atoms with E-state index in [0.717, 1.165) is 31.2 Å². The van der Waals surface area contributed by atoms with Gasteiger partial charge in [-0.25, -0.2) is 14.4 Å². The number of hydroxylamine groups is 2. The van der Waals surface area contributed by atoms with Crippen LogP contribution in [0.4, 0.5) is 4.39 Å². The number of ether oxygens (including phenoxy) is 2. The zero-order valence-corrected chi connectivity index (χ0v) is 18.4. The number of halogens is 1. The van der Waals surface area contributed by atoms with E-state index >= 15 is 0 Å². The summed E-state index contributed by atoms with van der Waals surface area (Å²) in [4.78, 5) is 34.0. The highest BCUT2D eigenvalue weighted by Gasteiger charge is 2.41. The van der Waals surface area contributed by atoms with E-state index in [9.17, 15) is 19.2 Å². The van der Waals surface area contributed by atoms with Crippen molar-refractivity contribution >= 4 is 23.4 Å². The van der Waals surface area contributed by atoms with Gasteiger partial charge < -0.3 is 19.4 Å². The summed E-state index contributed by atoms with van der Waals surface area (Å²) in [7, 11) is 0. The number of hydrogen-bond donors (Lipinski definition) is 2. The van der Waals surface area contributed by atoms with Crippen LogP contribution in [-0.4, -0.2) is 69.9 Å². The largest absolute Gasteiger partial charge is 0.486 e. The monoisotopic (exact) mass is 460 g/mol. The number of hydrogen-bond acceptors (Lipinski definition) is 6. The molecule has 1 saturated carbocycles. The number of carbonyl (C=O) groups excluding carboxylic acids is 2. The number of rotatable bonds is 7. The number of amides is 2. The minimum absolute atomic E-state index is 0.0308. The van der Waals surface area contributed by atoms with Crippen LogP contribution in [0.2, 0.25) is 0 Å². The third kappa shape index (κ3) is 4.48. The van der Waals surface area contributed by atoms with E-state index in [-0.39, 0.29) is 25.4 Å². The fourth-order valence-electron chi connectivity index (χ4n) is 5.42. The second kappa shape index (κ2) is 9.17. The summed E-state index contributed by atoms with van der Waals surface area (Å²) < 4.78 is 25.8. The average molecular weight is 461 g/mol. The highest BCUT2D eigenvalue weighted by molar-refractivity contribution is 5.82. The minimum Gasteiger partial charge on any atom is -0.486 e. The van der Waals surface area contributed by atoms with Gasteiger partial charge in [-0.2, -0.15) is 0 Å². The first kappa shape index (κ1) is 21.9. The van der Waals surface area contributed by atoms with Crippen LogP contribution in [0.1, 0.15) is 50.4 Å². The van der Waals surface area contributed by atoms with Crippen molar-refractivity contribution in [2.75, 3.05) is 26.3 Å². The molecule has 178 valence electrons. The first-order valence-electron chi connectivity index (χ1n) is 11.7. The molecular formula is C23H29FN4O5. The molecule has 10 heteroatoms. The number of alkyl halides is 1. The summed E-state index contributed by atoms with van der Waals surface area (Å²) in [5.74, 6) is 1.28. The molecule has 5 rings (SSSR count). The number of H-pyrrole nitrogens is 1. The molecule has 2 fully saturated rings. The lowest BCUT2D eigenvalue weighted by atomic mass is 9.91. The van der Waals surface area contributed by atoms with Crippen LogP contribution >= 0.6 is 0 Å². The molecule has 3 heterocycles. The lowest BCUT2D eigenvalue weighted by Crippen LogP contribution is -2.41. The zero-order chi connectivity index (χ0) is 22.9. The molecule has 0 radical (unpaired) electrons. The number of nitrogens with zero attached hydrogens (tertiary/aromatic N) is 3. The number of likely N-dealkylation sites (tertiary alicyclic amines) is 1. The lowest BCUT2D eigenvalue weighted by Gasteiger charge is -2.30. The minimum atomic E-state index is -1.17. The molecule has 3 atom stereocenters. The molecular weight excluding hydrogens is 431 g/mol. The standard InChI is InChI=1S/C23H29FN4O5/c24-16-8-19(22-25-17-9-20-21(10-18(17)26-22)33-6-5-32-20)28(12-16)23(30)15(11-27(31)13-29)7-14-3-1-2-4-14/h9-10,13-16,19,31H,1-8,11-12H2,(H,25,26)/t15-,16+,19-/m0/s1. The van der Waals surface area contributed by atoms with Crippen LogP contribution in [0.15, 0.2) is 12.1 Å². The van der Waals surface area contributed by atoms with E-state index < -0.39 is 18.1 Å². The molecule has 0 bridgehead atoms. The number of aromatic nitrogens is 2. The van der Waals surface area contributed by atoms with Gasteiger partial charge in [0.05, 0.1) is 36.1 Å². The smallest absolute Gasteiger partial charge is 0.233 e. The second-order valence-electron chi connectivity index (χ2n) is 9.28. The Hall–Kier alpha value is -2.88. The van der Waals surface area contributed by atoms with Crippen LogP contribution in [0.25, 0.3) is 11.0 Å². The molecule has 1 aliphatic carbocycles. The fourth-order valence-corrected chi connectivity index (χ4v) is 5.42. The van der Waals surface area contributed by atoms with Crippen LogP contribution in [0.3, 0.4) is 0 Å². The van der Waals surface area contributed by atoms with E-state index in [1.807, 2.05) is 6.07 Å². The third-order valence-electron chi connectivity index (χ3n) is 6.98. The highest BCUT2D eigenvalue weighted by Crippen LogP contribution is 2.39. The van der Waals surface area contributed by atoms with Crippen molar-refractivity contribution in [2.24, 2.45) is 11.8 Å². The number of benzene rings is 1. The predicted octanol–water partition coefficient (Wildman–Crippen LogP) is 2.99. The first-order valence-corrected chi connectivity index (χ1v) is 11.7. The second-order valence-corrected chi connectivity index (χ2v) is 9.28. The zero-order valence-electron chi connectivity index (χ0n) is 18.4. The molecule has 9 nitrogen and oxygen atoms in total. The van der Waals surface area contributed by atoms with Crippen LogP contribution in [0, 0.1) is 11.8 Å². The van der Waals surface area contributed by atoms with E-state index in [1.54, 1.807) is 6.07 Å². The van der Waals surface area contributed by atoms with Gasteiger partial charge in [-0.1, -0.05) is 25.7 Å². The van der Waals surface area contributed by atoms with Gasteiger partial charge in [-0.05, 0) is 12.3 Å². The van der Waals surface area contributed by atoms with Gasteiger partial charge in [0.2, 0.25) is 12.3 Å². The van der Waals surface area contributed by atoms with Gasteiger partial charge in [-0.15, -0.1) is 0 Å². The van der Waals surface area contributed by atoms with Crippen LogP contribution in [0.5, 0.6) is 11.5 Å². The Labute approximate surface area is 190 Å². The summed E-state index contributed by atoms with van der Waals surface area (Å²) in [5, 5.41) is 10.3. The summed E-state index contributed by atoms with van der Waals surface area (Å²) in [6.07, 6.45) is 4.16. The molecule has 2 aromatic rings. The molecule has 2 amide bonds. The Morgan fingerprint density at radius 1 is 1.30 bits per heavy atom. The maximum Gasteiger partial charge on any atom is 0.233 e. The topological polar surface area (TPSA) is 108 Å². The van der Waals surface area contributed by atoms with Crippen molar-refractivity contribution in [3.8, 4) is 11.5 Å². The Kier molecular flexibility index (Phi) is 6.09. The van der Waals surface area contributed by atoms with Gasteiger partial charge >= 0.3 is 0 Å². The van der Waals surface area contributed by atoms with Gasteiger partial charge in [0.1, 0.15) is 25.2 Å². The Morgan fingerprint density at radius 3 is 2.76 bits per heavy atom. The maximum atomic E-state index is 14.6. The molecule has 2 N–H and O–H groups in total. The van der Waals surface area contributed by atoms with Crippen molar-refractivity contribution in [1.82, 2.24) is 19.9 Å². The SMILES string of the molecule is O=CN(O)C[C@H](CC1CCCC1)C(=O)N1C[C@H](F)C[C@H]1c1nc2cc3c(cc2[nH]1)OCCO3. The lowest BCUT2D eigenvalue weighted by molar-refractivity contribution is -0.157. The molecule has 1 aromatic heterocycles. The summed E-state index contributed by atoms with van der Waals surface area (Å²) in [6.45, 7) is 0.811. The van der Waals surface area contributed by atoms with E-state index in [1.165, 1.54) is 4.90 Å². The van der Waals surface area contributed by atoms with E-state index in [4.69, 9.17) is 9.47 Å². The quantitative estimate of drug-likeness (QED) is 0.374. The van der Waals surface area contributed by atoms with Crippen molar-refractivity contribution in [3.05, 3.63) is 18.0 Å². The number of fused-ring (bicyclic) bond motifs is 2. The number of imidazole rings is 1. The predicted molar refractivity (Wildman–Crippen MR) is 116 cm³/mol. The first-order chi connectivity index (χ1) is 16.0. The summed E-state index contributed by atoms with van der Waals surface area (Å²) in [5.41, 5.74) is 1.39. The molecule has 1 saturated heterocycles. The van der Waals surface area contributed by atoms with Gasteiger partial charge in [0.25, 0.3) is 0 Å². The van der Waals surface area contributed by atoms with Crippen molar-refractivity contribution in [1.29, 1.82) is 0 Å². The number of aromatic amines is 1. The van der Waals surface area contributed by atoms with E-state index in [2.05, 4.69) is 9.97 Å². The molecule has 3 aliphatic rings. The van der Waals surface area contributed by atoms with Crippen molar-refractivity contribution < 1.29 is 28.7 Å². The van der Waals surface area contributed by atoms with Gasteiger partial charge in [0.15, 0.2) is 11.5 Å².